The van der Waals surface area contributed by atoms with Crippen molar-refractivity contribution in [1.29, 1.82) is 5.41 Å². The normalized spacial score (nSPS) is 11.3. The summed E-state index contributed by atoms with van der Waals surface area (Å²) >= 11 is 0. The van der Waals surface area contributed by atoms with Crippen LogP contribution in [0.2, 0.25) is 0 Å². The predicted molar refractivity (Wildman–Crippen MR) is 85.4 cm³/mol. The summed E-state index contributed by atoms with van der Waals surface area (Å²) in [5, 5.41) is 7.42. The number of nitrogens with one attached hydrogen (secondary N) is 1. The molecule has 2 aromatic rings. The first kappa shape index (κ1) is 14.3. The van der Waals surface area contributed by atoms with Crippen LogP contribution in [0.4, 0.5) is 0 Å². The van der Waals surface area contributed by atoms with Gasteiger partial charge in [-0.15, -0.1) is 0 Å². The molecule has 3 N–H and O–H groups in total. The maximum absolute atomic E-state index is 7.42. The summed E-state index contributed by atoms with van der Waals surface area (Å²) in [6.07, 6.45) is 0.908. The minimum absolute atomic E-state index is 0.117. The molecule has 0 atom stereocenters. The van der Waals surface area contributed by atoms with Crippen molar-refractivity contribution in [1.82, 2.24) is 0 Å². The van der Waals surface area contributed by atoms with E-state index in [0.717, 1.165) is 12.0 Å². The van der Waals surface area contributed by atoms with Gasteiger partial charge in [0.1, 0.15) is 5.84 Å². The zero-order valence-corrected chi connectivity index (χ0v) is 12.4. The molecule has 0 aliphatic carbocycles. The molecule has 0 aromatic heterocycles. The number of amidine groups is 1. The molecule has 0 radical (unpaired) electrons. The quantitative estimate of drug-likeness (QED) is 0.643. The van der Waals surface area contributed by atoms with Gasteiger partial charge in [0.15, 0.2) is 0 Å². The molecule has 0 saturated carbocycles. The van der Waals surface area contributed by atoms with Crippen molar-refractivity contribution >= 4 is 5.84 Å². The van der Waals surface area contributed by atoms with E-state index in [1.54, 1.807) is 0 Å². The standard InChI is InChI=1S/C18H22N2/c1-18(2,3)16-7-5-4-6-15(16)12-13-8-10-14(11-9-13)17(19)20/h4-11H,12H2,1-3H3,(H3,19,20). The van der Waals surface area contributed by atoms with Crippen LogP contribution in [-0.2, 0) is 11.8 Å². The molecule has 104 valence electrons. The van der Waals surface area contributed by atoms with Crippen LogP contribution >= 0.6 is 0 Å². The molecule has 0 bridgehead atoms. The molecule has 0 unspecified atom stereocenters. The molecule has 0 aliphatic heterocycles. The van der Waals surface area contributed by atoms with Crippen molar-refractivity contribution in [3.63, 3.8) is 0 Å². The molecular formula is C18H22N2. The van der Waals surface area contributed by atoms with Gasteiger partial charge in [-0.05, 0) is 28.5 Å². The summed E-state index contributed by atoms with van der Waals surface area (Å²) in [6, 6.07) is 16.5. The van der Waals surface area contributed by atoms with Gasteiger partial charge in [0.05, 0.1) is 0 Å². The SMILES string of the molecule is CC(C)(C)c1ccccc1Cc1ccc(C(=N)N)cc1. The fourth-order valence-corrected chi connectivity index (χ4v) is 2.43. The first-order valence-electron chi connectivity index (χ1n) is 6.89. The second-order valence-electron chi connectivity index (χ2n) is 6.19. The Morgan fingerprint density at radius 2 is 1.60 bits per heavy atom. The fraction of sp³-hybridized carbons (Fsp3) is 0.278. The Morgan fingerprint density at radius 3 is 2.15 bits per heavy atom. The number of benzene rings is 2. The summed E-state index contributed by atoms with van der Waals surface area (Å²) in [7, 11) is 0. The van der Waals surface area contributed by atoms with Crippen LogP contribution in [0.1, 0.15) is 43.0 Å². The van der Waals surface area contributed by atoms with E-state index >= 15 is 0 Å². The zero-order chi connectivity index (χ0) is 14.8. The first-order chi connectivity index (χ1) is 9.38. The number of nitrogen functional groups attached to an aromatic ring is 1. The largest absolute Gasteiger partial charge is 0.384 e. The third-order valence-electron chi connectivity index (χ3n) is 3.48. The summed E-state index contributed by atoms with van der Waals surface area (Å²) in [5.41, 5.74) is 10.4. The van der Waals surface area contributed by atoms with Crippen molar-refractivity contribution < 1.29 is 0 Å². The van der Waals surface area contributed by atoms with Gasteiger partial charge >= 0.3 is 0 Å². The second-order valence-corrected chi connectivity index (χ2v) is 6.19. The molecule has 2 heteroatoms. The minimum atomic E-state index is 0.117. The summed E-state index contributed by atoms with van der Waals surface area (Å²) < 4.78 is 0. The lowest BCUT2D eigenvalue weighted by Crippen LogP contribution is -2.14. The number of nitrogens with two attached hydrogens (primary N) is 1. The van der Waals surface area contributed by atoms with E-state index in [2.05, 4.69) is 57.2 Å². The summed E-state index contributed by atoms with van der Waals surface area (Å²) in [5.74, 6) is 0.117. The van der Waals surface area contributed by atoms with Crippen LogP contribution in [0.3, 0.4) is 0 Å². The summed E-state index contributed by atoms with van der Waals surface area (Å²) in [6.45, 7) is 6.72. The Balaban J connectivity index is 2.28. The minimum Gasteiger partial charge on any atom is -0.384 e. The summed E-state index contributed by atoms with van der Waals surface area (Å²) in [4.78, 5) is 0. The molecule has 2 nitrogen and oxygen atoms in total. The Labute approximate surface area is 121 Å². The van der Waals surface area contributed by atoms with Gasteiger partial charge in [-0.3, -0.25) is 5.41 Å². The lowest BCUT2D eigenvalue weighted by atomic mass is 9.82. The Hall–Kier alpha value is -2.09. The highest BCUT2D eigenvalue weighted by molar-refractivity contribution is 5.94. The molecule has 0 aliphatic rings. The van der Waals surface area contributed by atoms with Gasteiger partial charge in [0, 0.05) is 5.56 Å². The molecule has 0 amide bonds. The van der Waals surface area contributed by atoms with Crippen molar-refractivity contribution in [2.75, 3.05) is 0 Å². The van der Waals surface area contributed by atoms with E-state index in [1.807, 2.05) is 12.1 Å². The van der Waals surface area contributed by atoms with Gasteiger partial charge in [0.2, 0.25) is 0 Å². The molecule has 0 heterocycles. The predicted octanol–water partition coefficient (Wildman–Crippen LogP) is 3.86. The number of hydrogen-bond donors (Lipinski definition) is 2. The van der Waals surface area contributed by atoms with Gasteiger partial charge < -0.3 is 5.73 Å². The fourth-order valence-electron chi connectivity index (χ4n) is 2.43. The molecule has 0 saturated heterocycles. The average Bonchev–Trinajstić information content (AvgIpc) is 2.38. The molecule has 20 heavy (non-hydrogen) atoms. The van der Waals surface area contributed by atoms with Crippen LogP contribution in [0.25, 0.3) is 0 Å². The Morgan fingerprint density at radius 1 is 1.00 bits per heavy atom. The van der Waals surface area contributed by atoms with E-state index < -0.39 is 0 Å². The van der Waals surface area contributed by atoms with Crippen LogP contribution < -0.4 is 5.73 Å². The monoisotopic (exact) mass is 266 g/mol. The number of hydrogen-bond acceptors (Lipinski definition) is 1. The first-order valence-corrected chi connectivity index (χ1v) is 6.89. The average molecular weight is 266 g/mol. The second kappa shape index (κ2) is 5.49. The number of rotatable bonds is 3. The highest BCUT2D eigenvalue weighted by Crippen LogP contribution is 2.27. The van der Waals surface area contributed by atoms with Gasteiger partial charge in [0.25, 0.3) is 0 Å². The lowest BCUT2D eigenvalue weighted by Gasteiger charge is -2.23. The van der Waals surface area contributed by atoms with Crippen molar-refractivity contribution in [3.05, 3.63) is 70.8 Å². The Bertz CT molecular complexity index is 604. The van der Waals surface area contributed by atoms with Crippen molar-refractivity contribution in [3.8, 4) is 0 Å². The molecule has 2 aromatic carbocycles. The zero-order valence-electron chi connectivity index (χ0n) is 12.4. The van der Waals surface area contributed by atoms with Crippen LogP contribution in [0, 0.1) is 5.41 Å². The molecule has 2 rings (SSSR count). The van der Waals surface area contributed by atoms with Gasteiger partial charge in [-0.2, -0.15) is 0 Å². The van der Waals surface area contributed by atoms with Crippen LogP contribution in [-0.4, -0.2) is 5.84 Å². The lowest BCUT2D eigenvalue weighted by molar-refractivity contribution is 0.584. The maximum atomic E-state index is 7.42. The molecule has 0 fully saturated rings. The van der Waals surface area contributed by atoms with E-state index in [0.29, 0.717) is 0 Å². The van der Waals surface area contributed by atoms with E-state index in [1.165, 1.54) is 16.7 Å². The van der Waals surface area contributed by atoms with Crippen LogP contribution in [0.5, 0.6) is 0 Å². The van der Waals surface area contributed by atoms with Gasteiger partial charge in [-0.25, -0.2) is 0 Å². The highest BCUT2D eigenvalue weighted by Gasteiger charge is 2.17. The van der Waals surface area contributed by atoms with E-state index in [4.69, 9.17) is 11.1 Å². The van der Waals surface area contributed by atoms with Gasteiger partial charge in [-0.1, -0.05) is 69.3 Å². The third kappa shape index (κ3) is 3.27. The molecular weight excluding hydrogens is 244 g/mol. The maximum Gasteiger partial charge on any atom is 0.122 e. The van der Waals surface area contributed by atoms with Crippen molar-refractivity contribution in [2.24, 2.45) is 5.73 Å². The third-order valence-corrected chi connectivity index (χ3v) is 3.48. The van der Waals surface area contributed by atoms with Crippen molar-refractivity contribution in [2.45, 2.75) is 32.6 Å². The van der Waals surface area contributed by atoms with E-state index in [-0.39, 0.29) is 11.3 Å². The topological polar surface area (TPSA) is 49.9 Å². The molecule has 0 spiro atoms. The highest BCUT2D eigenvalue weighted by atomic mass is 14.7. The smallest absolute Gasteiger partial charge is 0.122 e. The Kier molecular flexibility index (Phi) is 3.93. The van der Waals surface area contributed by atoms with E-state index in [9.17, 15) is 0 Å². The van der Waals surface area contributed by atoms with Crippen LogP contribution in [0.15, 0.2) is 48.5 Å².